The van der Waals surface area contributed by atoms with E-state index in [0.29, 0.717) is 12.8 Å². The normalized spacial score (nSPS) is 12.9. The molecule has 0 spiro atoms. The number of carbonyl (C=O) groups excluding carboxylic acids is 2. The number of aromatic amines is 1. The number of para-hydroxylation sites is 1. The number of benzene rings is 2. The Morgan fingerprint density at radius 3 is 2.67 bits per heavy atom. The van der Waals surface area contributed by atoms with Crippen molar-refractivity contribution in [1.82, 2.24) is 15.3 Å². The van der Waals surface area contributed by atoms with Crippen LogP contribution in [0.15, 0.2) is 71.5 Å². The van der Waals surface area contributed by atoms with Crippen molar-refractivity contribution in [1.29, 1.82) is 0 Å². The number of H-pyrrole nitrogens is 1. The van der Waals surface area contributed by atoms with Crippen molar-refractivity contribution in [3.63, 3.8) is 0 Å². The van der Waals surface area contributed by atoms with Crippen LogP contribution in [0.5, 0.6) is 0 Å². The number of nitrogens with zero attached hydrogens (tertiary/aromatic N) is 1. The van der Waals surface area contributed by atoms with Gasteiger partial charge < -0.3 is 25.2 Å². The maximum Gasteiger partial charge on any atom is 0.328 e. The molecule has 2 heterocycles. The van der Waals surface area contributed by atoms with Gasteiger partial charge in [0.15, 0.2) is 5.69 Å². The molecule has 0 radical (unpaired) electrons. The highest BCUT2D eigenvalue weighted by Gasteiger charge is 2.25. The van der Waals surface area contributed by atoms with Crippen LogP contribution in [-0.4, -0.2) is 34.5 Å². The Bertz CT molecular complexity index is 1230. The van der Waals surface area contributed by atoms with E-state index in [2.05, 4.69) is 15.3 Å². The molecule has 2 unspecified atom stereocenters. The van der Waals surface area contributed by atoms with Crippen LogP contribution in [0.1, 0.15) is 40.5 Å². The molecule has 0 aliphatic rings. The molecule has 4 aromatic rings. The van der Waals surface area contributed by atoms with Crippen molar-refractivity contribution in [2.24, 2.45) is 5.73 Å². The molecular formula is C25H26N4O4. The van der Waals surface area contributed by atoms with Crippen molar-refractivity contribution in [2.45, 2.75) is 31.8 Å². The third-order valence-electron chi connectivity index (χ3n) is 5.35. The van der Waals surface area contributed by atoms with E-state index in [1.807, 2.05) is 60.8 Å². The Kier molecular flexibility index (Phi) is 6.85. The van der Waals surface area contributed by atoms with Gasteiger partial charge in [-0.25, -0.2) is 9.78 Å². The summed E-state index contributed by atoms with van der Waals surface area (Å²) in [6, 6.07) is 16.0. The van der Waals surface area contributed by atoms with Crippen molar-refractivity contribution in [3.8, 4) is 0 Å². The van der Waals surface area contributed by atoms with E-state index >= 15 is 0 Å². The fraction of sp³-hybridized carbons (Fsp3) is 0.240. The van der Waals surface area contributed by atoms with Crippen molar-refractivity contribution in [2.75, 3.05) is 6.61 Å². The van der Waals surface area contributed by atoms with Gasteiger partial charge in [0.2, 0.25) is 5.89 Å². The summed E-state index contributed by atoms with van der Waals surface area (Å²) in [6.07, 6.45) is 3.96. The molecule has 33 heavy (non-hydrogen) atoms. The smallest absolute Gasteiger partial charge is 0.328 e. The lowest BCUT2D eigenvalue weighted by Crippen LogP contribution is -2.43. The van der Waals surface area contributed by atoms with Gasteiger partial charge in [0.1, 0.15) is 12.3 Å². The molecule has 2 aromatic carbocycles. The minimum atomic E-state index is -0.847. The maximum absolute atomic E-state index is 12.8. The van der Waals surface area contributed by atoms with Crippen LogP contribution < -0.4 is 11.1 Å². The van der Waals surface area contributed by atoms with E-state index < -0.39 is 24.0 Å². The predicted molar refractivity (Wildman–Crippen MR) is 123 cm³/mol. The predicted octanol–water partition coefficient (Wildman–Crippen LogP) is 3.30. The number of esters is 1. The first-order chi connectivity index (χ1) is 16.0. The van der Waals surface area contributed by atoms with E-state index in [4.69, 9.17) is 14.9 Å². The summed E-state index contributed by atoms with van der Waals surface area (Å²) >= 11 is 0. The molecule has 2 aromatic heterocycles. The van der Waals surface area contributed by atoms with E-state index in [0.717, 1.165) is 22.0 Å². The lowest BCUT2D eigenvalue weighted by atomic mass is 10.1. The minimum Gasteiger partial charge on any atom is -0.464 e. The molecule has 0 aliphatic carbocycles. The molecule has 170 valence electrons. The van der Waals surface area contributed by atoms with Gasteiger partial charge in [-0.2, -0.15) is 0 Å². The van der Waals surface area contributed by atoms with Crippen LogP contribution in [0.3, 0.4) is 0 Å². The molecule has 0 fully saturated rings. The van der Waals surface area contributed by atoms with Crippen LogP contribution >= 0.6 is 0 Å². The standard InChI is InChI=1S/C25H26N4O4/c1-2-32-25(31)21(12-16-8-4-3-5-9-16)28-23(30)22-15-33-24(29-22)19(26)13-17-14-27-20-11-7-6-10-18(17)20/h3-11,14-15,19,21,27H,2,12-13,26H2,1H3,(H,28,30). The average Bonchev–Trinajstić information content (AvgIpc) is 3.48. The number of oxazole rings is 1. The molecule has 8 heteroatoms. The summed E-state index contributed by atoms with van der Waals surface area (Å²) < 4.78 is 10.6. The number of aromatic nitrogens is 2. The van der Waals surface area contributed by atoms with Gasteiger partial charge in [0.25, 0.3) is 5.91 Å². The molecule has 2 atom stereocenters. The number of ether oxygens (including phenoxy) is 1. The molecule has 0 aliphatic heterocycles. The van der Waals surface area contributed by atoms with Crippen molar-refractivity contribution < 1.29 is 18.7 Å². The third kappa shape index (κ3) is 5.30. The summed E-state index contributed by atoms with van der Waals surface area (Å²) in [7, 11) is 0. The number of fused-ring (bicyclic) bond motifs is 1. The van der Waals surface area contributed by atoms with Crippen LogP contribution in [0.4, 0.5) is 0 Å². The van der Waals surface area contributed by atoms with Gasteiger partial charge in [-0.15, -0.1) is 0 Å². The fourth-order valence-corrected chi connectivity index (χ4v) is 3.71. The Morgan fingerprint density at radius 2 is 1.88 bits per heavy atom. The van der Waals surface area contributed by atoms with Gasteiger partial charge in [-0.05, 0) is 30.5 Å². The highest BCUT2D eigenvalue weighted by molar-refractivity contribution is 5.95. The number of amides is 1. The van der Waals surface area contributed by atoms with E-state index in [9.17, 15) is 9.59 Å². The summed E-state index contributed by atoms with van der Waals surface area (Å²) in [4.78, 5) is 32.7. The molecule has 4 N–H and O–H groups in total. The van der Waals surface area contributed by atoms with Crippen molar-refractivity contribution in [3.05, 3.63) is 89.8 Å². The van der Waals surface area contributed by atoms with E-state index in [-0.39, 0.29) is 18.2 Å². The van der Waals surface area contributed by atoms with Gasteiger partial charge in [0.05, 0.1) is 12.6 Å². The second kappa shape index (κ2) is 10.1. The maximum atomic E-state index is 12.8. The largest absolute Gasteiger partial charge is 0.464 e. The Labute approximate surface area is 191 Å². The summed E-state index contributed by atoms with van der Waals surface area (Å²) in [5.41, 5.74) is 9.32. The number of nitrogens with two attached hydrogens (primary N) is 1. The number of rotatable bonds is 9. The summed E-state index contributed by atoms with van der Waals surface area (Å²) in [6.45, 7) is 1.94. The topological polar surface area (TPSA) is 123 Å². The first-order valence-electron chi connectivity index (χ1n) is 10.8. The first kappa shape index (κ1) is 22.3. The first-order valence-corrected chi connectivity index (χ1v) is 10.8. The highest BCUT2D eigenvalue weighted by atomic mass is 16.5. The molecule has 0 bridgehead atoms. The number of carbonyl (C=O) groups is 2. The van der Waals surface area contributed by atoms with Gasteiger partial charge >= 0.3 is 5.97 Å². The number of hydrogen-bond donors (Lipinski definition) is 3. The SMILES string of the molecule is CCOC(=O)C(Cc1ccccc1)NC(=O)c1coc(C(N)Cc2c[nH]c3ccccc23)n1. The van der Waals surface area contributed by atoms with Crippen molar-refractivity contribution >= 4 is 22.8 Å². The highest BCUT2D eigenvalue weighted by Crippen LogP contribution is 2.23. The lowest BCUT2D eigenvalue weighted by molar-refractivity contribution is -0.145. The number of nitrogens with one attached hydrogen (secondary N) is 2. The molecule has 8 nitrogen and oxygen atoms in total. The van der Waals surface area contributed by atoms with Gasteiger partial charge in [0, 0.05) is 23.5 Å². The molecular weight excluding hydrogens is 420 g/mol. The monoisotopic (exact) mass is 446 g/mol. The molecule has 0 saturated heterocycles. The van der Waals surface area contributed by atoms with Crippen LogP contribution in [0.2, 0.25) is 0 Å². The average molecular weight is 447 g/mol. The van der Waals surface area contributed by atoms with E-state index in [1.54, 1.807) is 6.92 Å². The molecule has 4 rings (SSSR count). The van der Waals surface area contributed by atoms with Crippen LogP contribution in [0, 0.1) is 0 Å². The number of hydrogen-bond acceptors (Lipinski definition) is 6. The van der Waals surface area contributed by atoms with E-state index in [1.165, 1.54) is 6.26 Å². The molecule has 1 amide bonds. The third-order valence-corrected chi connectivity index (χ3v) is 5.35. The fourth-order valence-electron chi connectivity index (χ4n) is 3.71. The van der Waals surface area contributed by atoms with Crippen LogP contribution in [-0.2, 0) is 22.4 Å². The zero-order valence-electron chi connectivity index (χ0n) is 18.3. The summed E-state index contributed by atoms with van der Waals surface area (Å²) in [5.74, 6) is -0.783. The minimum absolute atomic E-state index is 0.0572. The second-order valence-electron chi connectivity index (χ2n) is 7.71. The molecule has 0 saturated carbocycles. The van der Waals surface area contributed by atoms with Crippen LogP contribution in [0.25, 0.3) is 10.9 Å². The summed E-state index contributed by atoms with van der Waals surface area (Å²) in [5, 5.41) is 3.79. The Balaban J connectivity index is 1.44. The lowest BCUT2D eigenvalue weighted by Gasteiger charge is -2.16. The van der Waals surface area contributed by atoms with Gasteiger partial charge in [-0.1, -0.05) is 48.5 Å². The zero-order valence-corrected chi connectivity index (χ0v) is 18.3. The zero-order chi connectivity index (χ0) is 23.2. The second-order valence-corrected chi connectivity index (χ2v) is 7.71. The van der Waals surface area contributed by atoms with Gasteiger partial charge in [-0.3, -0.25) is 4.79 Å². The Morgan fingerprint density at radius 1 is 1.12 bits per heavy atom. The Hall–Kier alpha value is -3.91. The quantitative estimate of drug-likeness (QED) is 0.339.